The molecule has 2 nitrogen and oxygen atoms in total. The van der Waals surface area contributed by atoms with Crippen molar-refractivity contribution in [1.29, 1.82) is 0 Å². The fraction of sp³-hybridized carbons (Fsp3) is 0.227. The molecular weight excluding hydrogens is 431 g/mol. The van der Waals surface area contributed by atoms with Gasteiger partial charge >= 0.3 is 6.18 Å². The Morgan fingerprint density at radius 2 is 1.71 bits per heavy atom. The maximum Gasteiger partial charge on any atom is 0.416 e. The van der Waals surface area contributed by atoms with Gasteiger partial charge in [0.05, 0.1) is 10.4 Å². The number of fused-ring (bicyclic) bond motifs is 1. The number of rotatable bonds is 6. The van der Waals surface area contributed by atoms with Crippen LogP contribution in [-0.4, -0.2) is 17.3 Å². The van der Waals surface area contributed by atoms with E-state index in [0.29, 0.717) is 18.5 Å². The summed E-state index contributed by atoms with van der Waals surface area (Å²) < 4.78 is 38.4. The molecule has 0 aliphatic rings. The van der Waals surface area contributed by atoms with E-state index in [0.717, 1.165) is 28.5 Å². The van der Waals surface area contributed by atoms with Crippen molar-refractivity contribution in [3.05, 3.63) is 83.4 Å². The molecule has 0 spiro atoms. The molecule has 1 atom stereocenters. The molecule has 0 heterocycles. The predicted molar refractivity (Wildman–Crippen MR) is 109 cm³/mol. The number of hydrogen-bond donors (Lipinski definition) is 1. The molecule has 0 aromatic heterocycles. The SMILES string of the molecule is O=C(NCCc1cccc2ccccc12)[C@H](Br)Cc1cccc(C(F)(F)F)c1. The van der Waals surface area contributed by atoms with E-state index < -0.39 is 16.6 Å². The minimum atomic E-state index is -4.39. The Morgan fingerprint density at radius 1 is 1.00 bits per heavy atom. The molecule has 28 heavy (non-hydrogen) atoms. The van der Waals surface area contributed by atoms with Gasteiger partial charge < -0.3 is 5.32 Å². The zero-order chi connectivity index (χ0) is 20.1. The van der Waals surface area contributed by atoms with Gasteiger partial charge in [-0.1, -0.05) is 76.6 Å². The van der Waals surface area contributed by atoms with Crippen molar-refractivity contribution in [2.45, 2.75) is 23.8 Å². The van der Waals surface area contributed by atoms with Crippen LogP contribution in [0.15, 0.2) is 66.7 Å². The summed E-state index contributed by atoms with van der Waals surface area (Å²) in [5.41, 5.74) is 0.893. The number of nitrogens with one attached hydrogen (secondary N) is 1. The standard InChI is InChI=1S/C22H19BrF3NO/c23-20(14-15-5-3-9-18(13-15)22(24,25)26)21(28)27-12-11-17-8-4-7-16-6-1-2-10-19(16)17/h1-10,13,20H,11-12,14H2,(H,27,28)/t20-/m1/s1. The van der Waals surface area contributed by atoms with Gasteiger partial charge in [-0.2, -0.15) is 13.2 Å². The highest BCUT2D eigenvalue weighted by Gasteiger charge is 2.30. The first-order valence-corrected chi connectivity index (χ1v) is 9.81. The van der Waals surface area contributed by atoms with Crippen LogP contribution in [0.4, 0.5) is 13.2 Å². The van der Waals surface area contributed by atoms with Crippen molar-refractivity contribution in [1.82, 2.24) is 5.32 Å². The average molecular weight is 450 g/mol. The van der Waals surface area contributed by atoms with Crippen molar-refractivity contribution in [3.8, 4) is 0 Å². The summed E-state index contributed by atoms with van der Waals surface area (Å²) in [6.07, 6.45) is -3.53. The molecule has 0 unspecified atom stereocenters. The third-order valence-corrected chi connectivity index (χ3v) is 5.27. The Labute approximate surface area is 169 Å². The van der Waals surface area contributed by atoms with Crippen molar-refractivity contribution in [3.63, 3.8) is 0 Å². The van der Waals surface area contributed by atoms with Gasteiger partial charge in [-0.3, -0.25) is 4.79 Å². The molecule has 0 saturated heterocycles. The fourth-order valence-corrected chi connectivity index (χ4v) is 3.65. The molecule has 0 fully saturated rings. The lowest BCUT2D eigenvalue weighted by Gasteiger charge is -2.13. The highest BCUT2D eigenvalue weighted by molar-refractivity contribution is 9.10. The van der Waals surface area contributed by atoms with Crippen molar-refractivity contribution >= 4 is 32.6 Å². The predicted octanol–water partition coefficient (Wildman–Crippen LogP) is 5.52. The lowest BCUT2D eigenvalue weighted by molar-refractivity contribution is -0.137. The second-order valence-electron chi connectivity index (χ2n) is 6.55. The molecule has 146 valence electrons. The normalized spacial score (nSPS) is 12.7. The van der Waals surface area contributed by atoms with Gasteiger partial charge in [0, 0.05) is 6.54 Å². The fourth-order valence-electron chi connectivity index (χ4n) is 3.12. The van der Waals surface area contributed by atoms with E-state index >= 15 is 0 Å². The summed E-state index contributed by atoms with van der Waals surface area (Å²) in [6, 6.07) is 19.2. The maximum absolute atomic E-state index is 12.8. The van der Waals surface area contributed by atoms with Gasteiger partial charge in [0.25, 0.3) is 0 Å². The number of benzene rings is 3. The number of amides is 1. The van der Waals surface area contributed by atoms with Crippen LogP contribution in [0.5, 0.6) is 0 Å². The largest absolute Gasteiger partial charge is 0.416 e. The zero-order valence-electron chi connectivity index (χ0n) is 15.0. The summed E-state index contributed by atoms with van der Waals surface area (Å²) in [7, 11) is 0. The van der Waals surface area contributed by atoms with E-state index in [1.807, 2.05) is 42.5 Å². The van der Waals surface area contributed by atoms with Gasteiger partial charge in [-0.05, 0) is 40.8 Å². The van der Waals surface area contributed by atoms with E-state index in [1.54, 1.807) is 6.07 Å². The molecule has 0 aliphatic carbocycles. The third-order valence-electron chi connectivity index (χ3n) is 4.53. The Kier molecular flexibility index (Phi) is 6.39. The number of carbonyl (C=O) groups excluding carboxylic acids is 1. The van der Waals surface area contributed by atoms with Crippen LogP contribution in [0.3, 0.4) is 0 Å². The number of carbonyl (C=O) groups is 1. The van der Waals surface area contributed by atoms with Crippen molar-refractivity contribution in [2.24, 2.45) is 0 Å². The van der Waals surface area contributed by atoms with Crippen LogP contribution in [0.1, 0.15) is 16.7 Å². The molecule has 0 saturated carbocycles. The van der Waals surface area contributed by atoms with Gasteiger partial charge in [0.1, 0.15) is 0 Å². The van der Waals surface area contributed by atoms with E-state index in [2.05, 4.69) is 21.2 Å². The molecule has 0 radical (unpaired) electrons. The molecule has 0 aliphatic heterocycles. The Balaban J connectivity index is 1.56. The van der Waals surface area contributed by atoms with E-state index in [1.165, 1.54) is 6.07 Å². The zero-order valence-corrected chi connectivity index (χ0v) is 16.6. The van der Waals surface area contributed by atoms with Gasteiger partial charge in [-0.25, -0.2) is 0 Å². The van der Waals surface area contributed by atoms with Gasteiger partial charge in [0.15, 0.2) is 0 Å². The molecule has 3 aromatic rings. The summed E-state index contributed by atoms with van der Waals surface area (Å²) in [6.45, 7) is 0.456. The molecule has 3 aromatic carbocycles. The van der Waals surface area contributed by atoms with Crippen LogP contribution in [0.2, 0.25) is 0 Å². The topological polar surface area (TPSA) is 29.1 Å². The Morgan fingerprint density at radius 3 is 2.50 bits per heavy atom. The smallest absolute Gasteiger partial charge is 0.355 e. The highest BCUT2D eigenvalue weighted by atomic mass is 79.9. The average Bonchev–Trinajstić information content (AvgIpc) is 2.67. The number of halogens is 4. The molecule has 1 N–H and O–H groups in total. The van der Waals surface area contributed by atoms with Gasteiger partial charge in [0.2, 0.25) is 5.91 Å². The monoisotopic (exact) mass is 449 g/mol. The minimum absolute atomic E-state index is 0.185. The summed E-state index contributed by atoms with van der Waals surface area (Å²) >= 11 is 3.29. The van der Waals surface area contributed by atoms with E-state index in [-0.39, 0.29) is 12.3 Å². The quantitative estimate of drug-likeness (QED) is 0.493. The Bertz CT molecular complexity index is 966. The third kappa shape index (κ3) is 5.13. The molecule has 1 amide bonds. The molecular formula is C22H19BrF3NO. The van der Waals surface area contributed by atoms with Crippen LogP contribution < -0.4 is 5.32 Å². The van der Waals surface area contributed by atoms with Crippen LogP contribution in [0, 0.1) is 0 Å². The first kappa shape index (κ1) is 20.4. The van der Waals surface area contributed by atoms with E-state index in [9.17, 15) is 18.0 Å². The second-order valence-corrected chi connectivity index (χ2v) is 7.65. The molecule has 3 rings (SSSR count). The lowest BCUT2D eigenvalue weighted by atomic mass is 10.0. The van der Waals surface area contributed by atoms with Gasteiger partial charge in [-0.15, -0.1) is 0 Å². The van der Waals surface area contributed by atoms with Crippen LogP contribution in [-0.2, 0) is 23.8 Å². The summed E-state index contributed by atoms with van der Waals surface area (Å²) in [5.74, 6) is -0.238. The first-order chi connectivity index (χ1) is 13.3. The first-order valence-electron chi connectivity index (χ1n) is 8.89. The number of hydrogen-bond acceptors (Lipinski definition) is 1. The summed E-state index contributed by atoms with van der Waals surface area (Å²) in [5, 5.41) is 5.15. The highest BCUT2D eigenvalue weighted by Crippen LogP contribution is 2.30. The maximum atomic E-state index is 12.8. The minimum Gasteiger partial charge on any atom is -0.355 e. The summed E-state index contributed by atoms with van der Waals surface area (Å²) in [4.78, 5) is 11.7. The Hall–Kier alpha value is -2.34. The molecule has 6 heteroatoms. The second kappa shape index (κ2) is 8.78. The van der Waals surface area contributed by atoms with Crippen LogP contribution in [0.25, 0.3) is 10.8 Å². The molecule has 0 bridgehead atoms. The number of alkyl halides is 4. The van der Waals surface area contributed by atoms with E-state index in [4.69, 9.17) is 0 Å². The van der Waals surface area contributed by atoms with Crippen molar-refractivity contribution < 1.29 is 18.0 Å². The van der Waals surface area contributed by atoms with Crippen LogP contribution >= 0.6 is 15.9 Å². The lowest BCUT2D eigenvalue weighted by Crippen LogP contribution is -2.33. The van der Waals surface area contributed by atoms with Crippen molar-refractivity contribution in [2.75, 3.05) is 6.54 Å².